The summed E-state index contributed by atoms with van der Waals surface area (Å²) < 4.78 is 5.42. The van der Waals surface area contributed by atoms with E-state index in [1.807, 2.05) is 18.2 Å². The van der Waals surface area contributed by atoms with Crippen LogP contribution in [0.15, 0.2) is 48.5 Å². The quantitative estimate of drug-likeness (QED) is 0.877. The summed E-state index contributed by atoms with van der Waals surface area (Å²) in [5.74, 6) is 0.931. The fraction of sp³-hybridized carbons (Fsp3) is 0.333. The van der Waals surface area contributed by atoms with Crippen molar-refractivity contribution < 1.29 is 4.74 Å². The SMILES string of the molecule is COc1ccccc1[C@@H](C)NCc1ccc(N(C)C)cc1. The van der Waals surface area contributed by atoms with Gasteiger partial charge in [0.15, 0.2) is 0 Å². The van der Waals surface area contributed by atoms with E-state index < -0.39 is 0 Å². The van der Waals surface area contributed by atoms with Gasteiger partial charge in [0.2, 0.25) is 0 Å². The molecule has 2 aromatic rings. The molecular weight excluding hydrogens is 260 g/mol. The maximum atomic E-state index is 5.42. The number of anilines is 1. The van der Waals surface area contributed by atoms with Crippen molar-refractivity contribution in [3.8, 4) is 5.75 Å². The summed E-state index contributed by atoms with van der Waals surface area (Å²) in [4.78, 5) is 2.11. The van der Waals surface area contributed by atoms with Gasteiger partial charge in [0.1, 0.15) is 5.75 Å². The summed E-state index contributed by atoms with van der Waals surface area (Å²) in [7, 11) is 5.82. The molecule has 0 bridgehead atoms. The molecular formula is C18H24N2O. The number of nitrogens with one attached hydrogen (secondary N) is 1. The first kappa shape index (κ1) is 15.4. The summed E-state index contributed by atoms with van der Waals surface area (Å²) in [6.45, 7) is 3.00. The highest BCUT2D eigenvalue weighted by molar-refractivity contribution is 5.46. The third-order valence-electron chi connectivity index (χ3n) is 3.67. The Labute approximate surface area is 127 Å². The Morgan fingerprint density at radius 3 is 2.33 bits per heavy atom. The standard InChI is InChI=1S/C18H24N2O/c1-14(17-7-5-6-8-18(17)21-4)19-13-15-9-11-16(12-10-15)20(2)3/h5-12,14,19H,13H2,1-4H3/t14-/m1/s1. The Morgan fingerprint density at radius 2 is 1.71 bits per heavy atom. The van der Waals surface area contributed by atoms with Gasteiger partial charge in [-0.15, -0.1) is 0 Å². The molecule has 0 spiro atoms. The number of rotatable bonds is 6. The van der Waals surface area contributed by atoms with Gasteiger partial charge in [0.05, 0.1) is 7.11 Å². The van der Waals surface area contributed by atoms with Gasteiger partial charge in [-0.3, -0.25) is 0 Å². The Bertz CT molecular complexity index is 564. The van der Waals surface area contributed by atoms with Crippen LogP contribution < -0.4 is 15.0 Å². The van der Waals surface area contributed by atoms with Crippen LogP contribution in [0.2, 0.25) is 0 Å². The average molecular weight is 284 g/mol. The van der Waals surface area contributed by atoms with Crippen molar-refractivity contribution in [3.05, 3.63) is 59.7 Å². The molecule has 112 valence electrons. The predicted molar refractivity (Wildman–Crippen MR) is 89.0 cm³/mol. The predicted octanol–water partition coefficient (Wildman–Crippen LogP) is 3.61. The lowest BCUT2D eigenvalue weighted by atomic mass is 10.1. The molecule has 0 aromatic heterocycles. The minimum atomic E-state index is 0.245. The Hall–Kier alpha value is -2.00. The Morgan fingerprint density at radius 1 is 1.05 bits per heavy atom. The molecule has 2 aromatic carbocycles. The lowest BCUT2D eigenvalue weighted by Crippen LogP contribution is -2.18. The van der Waals surface area contributed by atoms with Crippen LogP contribution in [0.1, 0.15) is 24.1 Å². The normalized spacial score (nSPS) is 12.0. The first-order valence-corrected chi connectivity index (χ1v) is 7.24. The molecule has 0 fully saturated rings. The van der Waals surface area contributed by atoms with Crippen LogP contribution in [0.4, 0.5) is 5.69 Å². The summed E-state index contributed by atoms with van der Waals surface area (Å²) in [5.41, 5.74) is 3.68. The topological polar surface area (TPSA) is 24.5 Å². The minimum absolute atomic E-state index is 0.245. The zero-order valence-electron chi connectivity index (χ0n) is 13.3. The van der Waals surface area contributed by atoms with E-state index in [4.69, 9.17) is 4.74 Å². The molecule has 0 saturated heterocycles. The van der Waals surface area contributed by atoms with E-state index in [0.29, 0.717) is 0 Å². The Kier molecular flexibility index (Phi) is 5.23. The van der Waals surface area contributed by atoms with Gasteiger partial charge in [-0.2, -0.15) is 0 Å². The van der Waals surface area contributed by atoms with Gasteiger partial charge in [-0.1, -0.05) is 30.3 Å². The summed E-state index contributed by atoms with van der Waals surface area (Å²) in [5, 5.41) is 3.54. The molecule has 1 atom stereocenters. The second-order valence-electron chi connectivity index (χ2n) is 5.41. The monoisotopic (exact) mass is 284 g/mol. The number of hydrogen-bond donors (Lipinski definition) is 1. The molecule has 0 saturated carbocycles. The molecule has 1 N–H and O–H groups in total. The third kappa shape index (κ3) is 3.99. The van der Waals surface area contributed by atoms with Crippen molar-refractivity contribution in [1.29, 1.82) is 0 Å². The fourth-order valence-corrected chi connectivity index (χ4v) is 2.32. The van der Waals surface area contributed by atoms with Crippen molar-refractivity contribution in [2.75, 3.05) is 26.1 Å². The van der Waals surface area contributed by atoms with E-state index in [-0.39, 0.29) is 6.04 Å². The molecule has 0 aliphatic carbocycles. The van der Waals surface area contributed by atoms with Crippen molar-refractivity contribution >= 4 is 5.69 Å². The smallest absolute Gasteiger partial charge is 0.123 e. The zero-order valence-corrected chi connectivity index (χ0v) is 13.3. The highest BCUT2D eigenvalue weighted by Gasteiger charge is 2.10. The second-order valence-corrected chi connectivity index (χ2v) is 5.41. The molecule has 3 heteroatoms. The van der Waals surface area contributed by atoms with Gasteiger partial charge in [-0.05, 0) is 30.7 Å². The van der Waals surface area contributed by atoms with Crippen LogP contribution in [0, 0.1) is 0 Å². The number of hydrogen-bond acceptors (Lipinski definition) is 3. The van der Waals surface area contributed by atoms with Crippen LogP contribution in [-0.4, -0.2) is 21.2 Å². The van der Waals surface area contributed by atoms with Crippen molar-refractivity contribution in [1.82, 2.24) is 5.32 Å². The van der Waals surface area contributed by atoms with E-state index >= 15 is 0 Å². The van der Waals surface area contributed by atoms with Crippen molar-refractivity contribution in [3.63, 3.8) is 0 Å². The van der Waals surface area contributed by atoms with Crippen LogP contribution in [-0.2, 0) is 6.54 Å². The molecule has 3 nitrogen and oxygen atoms in total. The van der Waals surface area contributed by atoms with Crippen molar-refractivity contribution in [2.45, 2.75) is 19.5 Å². The maximum Gasteiger partial charge on any atom is 0.123 e. The number of methoxy groups -OCH3 is 1. The molecule has 2 rings (SSSR count). The first-order valence-electron chi connectivity index (χ1n) is 7.24. The average Bonchev–Trinajstić information content (AvgIpc) is 2.52. The molecule has 0 radical (unpaired) electrons. The van der Waals surface area contributed by atoms with Gasteiger partial charge < -0.3 is 15.0 Å². The van der Waals surface area contributed by atoms with Crippen LogP contribution in [0.25, 0.3) is 0 Å². The maximum absolute atomic E-state index is 5.42. The lowest BCUT2D eigenvalue weighted by molar-refractivity contribution is 0.401. The molecule has 0 amide bonds. The van der Waals surface area contributed by atoms with E-state index in [1.165, 1.54) is 16.8 Å². The lowest BCUT2D eigenvalue weighted by Gasteiger charge is -2.18. The van der Waals surface area contributed by atoms with Crippen LogP contribution >= 0.6 is 0 Å². The summed E-state index contributed by atoms with van der Waals surface area (Å²) >= 11 is 0. The second kappa shape index (κ2) is 7.14. The van der Waals surface area contributed by atoms with Crippen LogP contribution in [0.5, 0.6) is 5.75 Å². The van der Waals surface area contributed by atoms with Gasteiger partial charge >= 0.3 is 0 Å². The van der Waals surface area contributed by atoms with Gasteiger partial charge in [-0.25, -0.2) is 0 Å². The van der Waals surface area contributed by atoms with E-state index in [9.17, 15) is 0 Å². The zero-order chi connectivity index (χ0) is 15.2. The number of benzene rings is 2. The summed E-state index contributed by atoms with van der Waals surface area (Å²) in [6.07, 6.45) is 0. The molecule has 21 heavy (non-hydrogen) atoms. The van der Waals surface area contributed by atoms with E-state index in [2.05, 4.69) is 61.6 Å². The molecule has 0 heterocycles. The summed E-state index contributed by atoms with van der Waals surface area (Å²) in [6, 6.07) is 17.0. The third-order valence-corrected chi connectivity index (χ3v) is 3.67. The molecule has 0 aliphatic heterocycles. The number of ether oxygens (including phenoxy) is 1. The number of nitrogens with zero attached hydrogens (tertiary/aromatic N) is 1. The van der Waals surface area contributed by atoms with E-state index in [0.717, 1.165) is 12.3 Å². The largest absolute Gasteiger partial charge is 0.496 e. The molecule has 0 aliphatic rings. The molecule has 0 unspecified atom stereocenters. The van der Waals surface area contributed by atoms with Gasteiger partial charge in [0, 0.05) is 37.9 Å². The van der Waals surface area contributed by atoms with Crippen molar-refractivity contribution in [2.24, 2.45) is 0 Å². The first-order chi connectivity index (χ1) is 10.1. The highest BCUT2D eigenvalue weighted by Crippen LogP contribution is 2.24. The fourth-order valence-electron chi connectivity index (χ4n) is 2.32. The highest BCUT2D eigenvalue weighted by atomic mass is 16.5. The van der Waals surface area contributed by atoms with Gasteiger partial charge in [0.25, 0.3) is 0 Å². The number of para-hydroxylation sites is 1. The Balaban J connectivity index is 1.99. The van der Waals surface area contributed by atoms with E-state index in [1.54, 1.807) is 7.11 Å². The minimum Gasteiger partial charge on any atom is -0.496 e. The van der Waals surface area contributed by atoms with Crippen LogP contribution in [0.3, 0.4) is 0 Å².